The van der Waals surface area contributed by atoms with Crippen molar-refractivity contribution in [3.05, 3.63) is 35.4 Å². The summed E-state index contributed by atoms with van der Waals surface area (Å²) in [6.07, 6.45) is 0.985. The third kappa shape index (κ3) is 3.58. The van der Waals surface area contributed by atoms with Crippen LogP contribution in [0.1, 0.15) is 25.0 Å². The summed E-state index contributed by atoms with van der Waals surface area (Å²) in [6.45, 7) is 6.77. The van der Waals surface area contributed by atoms with Gasteiger partial charge in [0.15, 0.2) is 0 Å². The van der Waals surface area contributed by atoms with Crippen LogP contribution in [-0.2, 0) is 22.5 Å². The molecule has 0 radical (unpaired) electrons. The van der Waals surface area contributed by atoms with Crippen molar-refractivity contribution in [2.75, 3.05) is 19.8 Å². The van der Waals surface area contributed by atoms with Gasteiger partial charge in [-0.2, -0.15) is 0 Å². The van der Waals surface area contributed by atoms with Crippen LogP contribution in [-0.4, -0.2) is 31.7 Å². The molecular formula is C16H24N2O2. The number of carbonyl (C=O) groups excluding carboxylic acids is 1. The molecule has 1 aliphatic heterocycles. The lowest BCUT2D eigenvalue weighted by atomic mass is 10.0. The van der Waals surface area contributed by atoms with Crippen LogP contribution < -0.4 is 10.6 Å². The number of carbonyl (C=O) groups is 1. The lowest BCUT2D eigenvalue weighted by Gasteiger charge is -2.18. The average Bonchev–Trinajstić information content (AvgIpc) is 2.94. The molecule has 0 aromatic heterocycles. The summed E-state index contributed by atoms with van der Waals surface area (Å²) in [5.74, 6) is 0.00287. The first-order valence-corrected chi connectivity index (χ1v) is 7.41. The maximum Gasteiger partial charge on any atom is 0.227 e. The average molecular weight is 276 g/mol. The van der Waals surface area contributed by atoms with Crippen LogP contribution in [0, 0.1) is 5.92 Å². The summed E-state index contributed by atoms with van der Waals surface area (Å²) < 4.78 is 5.42. The van der Waals surface area contributed by atoms with Gasteiger partial charge >= 0.3 is 0 Å². The second-order valence-electron chi connectivity index (χ2n) is 5.15. The lowest BCUT2D eigenvalue weighted by molar-refractivity contribution is -0.125. The van der Waals surface area contributed by atoms with Crippen LogP contribution in [0.4, 0.5) is 0 Å². The highest BCUT2D eigenvalue weighted by Crippen LogP contribution is 2.15. The van der Waals surface area contributed by atoms with Crippen molar-refractivity contribution in [2.45, 2.75) is 32.9 Å². The molecule has 1 aromatic carbocycles. The summed E-state index contributed by atoms with van der Waals surface area (Å²) in [5, 5.41) is 6.36. The number of likely N-dealkylation sites (N-methyl/N-ethyl adjacent to an activating group) is 1. The zero-order valence-electron chi connectivity index (χ0n) is 12.3. The van der Waals surface area contributed by atoms with Crippen LogP contribution in [0.5, 0.6) is 0 Å². The Bertz CT molecular complexity index is 448. The largest absolute Gasteiger partial charge is 0.379 e. The molecule has 1 aliphatic rings. The Kier molecular flexibility index (Phi) is 5.56. The predicted molar refractivity (Wildman–Crippen MR) is 79.4 cm³/mol. The summed E-state index contributed by atoms with van der Waals surface area (Å²) in [4.78, 5) is 12.3. The van der Waals surface area contributed by atoms with Crippen molar-refractivity contribution in [1.82, 2.24) is 10.6 Å². The number of benzene rings is 1. The number of hydrogen-bond acceptors (Lipinski definition) is 3. The van der Waals surface area contributed by atoms with Gasteiger partial charge in [0.05, 0.1) is 19.1 Å². The van der Waals surface area contributed by atoms with E-state index in [1.165, 1.54) is 11.1 Å². The monoisotopic (exact) mass is 276 g/mol. The highest BCUT2D eigenvalue weighted by Gasteiger charge is 2.33. The summed E-state index contributed by atoms with van der Waals surface area (Å²) in [5.41, 5.74) is 2.49. The molecule has 0 aliphatic carbocycles. The van der Waals surface area contributed by atoms with E-state index in [-0.39, 0.29) is 17.9 Å². The third-order valence-corrected chi connectivity index (χ3v) is 3.84. The first kappa shape index (κ1) is 15.0. The molecule has 110 valence electrons. The number of hydrogen-bond donors (Lipinski definition) is 2. The molecule has 2 unspecified atom stereocenters. The topological polar surface area (TPSA) is 50.4 Å². The first-order valence-electron chi connectivity index (χ1n) is 7.41. The van der Waals surface area contributed by atoms with E-state index in [1.807, 2.05) is 19.1 Å². The molecule has 2 rings (SSSR count). The molecule has 1 saturated heterocycles. The molecule has 0 saturated carbocycles. The molecule has 1 amide bonds. The van der Waals surface area contributed by atoms with E-state index in [4.69, 9.17) is 4.74 Å². The molecule has 4 heteroatoms. The fraction of sp³-hybridized carbons (Fsp3) is 0.562. The van der Waals surface area contributed by atoms with Gasteiger partial charge in [0.25, 0.3) is 0 Å². The van der Waals surface area contributed by atoms with Gasteiger partial charge in [-0.1, -0.05) is 38.1 Å². The summed E-state index contributed by atoms with van der Waals surface area (Å²) in [7, 11) is 0. The van der Waals surface area contributed by atoms with Crippen molar-refractivity contribution in [3.63, 3.8) is 0 Å². The SMILES string of the molecule is CCNC1COCC1C(=O)NCc1ccccc1CC. The second-order valence-corrected chi connectivity index (χ2v) is 5.15. The van der Waals surface area contributed by atoms with Gasteiger partial charge in [-0.3, -0.25) is 4.79 Å². The molecule has 1 aromatic rings. The number of amides is 1. The van der Waals surface area contributed by atoms with Crippen molar-refractivity contribution in [3.8, 4) is 0 Å². The minimum Gasteiger partial charge on any atom is -0.379 e. The Morgan fingerprint density at radius 2 is 2.00 bits per heavy atom. The maximum atomic E-state index is 12.3. The van der Waals surface area contributed by atoms with Gasteiger partial charge in [0.2, 0.25) is 5.91 Å². The van der Waals surface area contributed by atoms with Crippen molar-refractivity contribution in [2.24, 2.45) is 5.92 Å². The van der Waals surface area contributed by atoms with E-state index >= 15 is 0 Å². The van der Waals surface area contributed by atoms with E-state index in [0.29, 0.717) is 19.8 Å². The Balaban J connectivity index is 1.91. The van der Waals surface area contributed by atoms with Crippen molar-refractivity contribution >= 4 is 5.91 Å². The number of aryl methyl sites for hydroxylation is 1. The standard InChI is InChI=1S/C16H24N2O2/c1-3-12-7-5-6-8-13(12)9-18-16(19)14-10-20-11-15(14)17-4-2/h5-8,14-15,17H,3-4,9-11H2,1-2H3,(H,18,19). The van der Waals surface area contributed by atoms with Crippen LogP contribution in [0.3, 0.4) is 0 Å². The Morgan fingerprint density at radius 1 is 1.25 bits per heavy atom. The van der Waals surface area contributed by atoms with Crippen LogP contribution in [0.25, 0.3) is 0 Å². The molecule has 1 heterocycles. The third-order valence-electron chi connectivity index (χ3n) is 3.84. The van der Waals surface area contributed by atoms with Gasteiger partial charge in [0.1, 0.15) is 0 Å². The van der Waals surface area contributed by atoms with E-state index in [2.05, 4.69) is 29.7 Å². The van der Waals surface area contributed by atoms with Gasteiger partial charge < -0.3 is 15.4 Å². The van der Waals surface area contributed by atoms with Gasteiger partial charge in [-0.05, 0) is 24.1 Å². The quantitative estimate of drug-likeness (QED) is 0.827. The number of rotatable bonds is 6. The fourth-order valence-electron chi connectivity index (χ4n) is 2.66. The van der Waals surface area contributed by atoms with Crippen LogP contribution in [0.2, 0.25) is 0 Å². The van der Waals surface area contributed by atoms with Gasteiger partial charge in [0, 0.05) is 12.6 Å². The van der Waals surface area contributed by atoms with E-state index < -0.39 is 0 Å². The minimum atomic E-state index is -0.0799. The number of ether oxygens (including phenoxy) is 1. The summed E-state index contributed by atoms with van der Waals surface area (Å²) in [6, 6.07) is 8.38. The molecule has 0 bridgehead atoms. The zero-order chi connectivity index (χ0) is 14.4. The van der Waals surface area contributed by atoms with Crippen molar-refractivity contribution in [1.29, 1.82) is 0 Å². The molecule has 0 spiro atoms. The minimum absolute atomic E-state index is 0.0799. The zero-order valence-corrected chi connectivity index (χ0v) is 12.3. The van der Waals surface area contributed by atoms with Crippen LogP contribution in [0.15, 0.2) is 24.3 Å². The Hall–Kier alpha value is -1.39. The summed E-state index contributed by atoms with van der Waals surface area (Å²) >= 11 is 0. The van der Waals surface area contributed by atoms with E-state index in [9.17, 15) is 4.79 Å². The molecule has 20 heavy (non-hydrogen) atoms. The van der Waals surface area contributed by atoms with E-state index in [0.717, 1.165) is 13.0 Å². The predicted octanol–water partition coefficient (Wildman–Crippen LogP) is 1.49. The van der Waals surface area contributed by atoms with E-state index in [1.54, 1.807) is 0 Å². The van der Waals surface area contributed by atoms with Gasteiger partial charge in [-0.15, -0.1) is 0 Å². The highest BCUT2D eigenvalue weighted by atomic mass is 16.5. The molecule has 4 nitrogen and oxygen atoms in total. The Labute approximate surface area is 120 Å². The molecular weight excluding hydrogens is 252 g/mol. The van der Waals surface area contributed by atoms with Crippen LogP contribution >= 0.6 is 0 Å². The lowest BCUT2D eigenvalue weighted by Crippen LogP contribution is -2.43. The molecule has 2 atom stereocenters. The Morgan fingerprint density at radius 3 is 2.70 bits per heavy atom. The smallest absolute Gasteiger partial charge is 0.227 e. The van der Waals surface area contributed by atoms with Crippen molar-refractivity contribution < 1.29 is 9.53 Å². The second kappa shape index (κ2) is 7.41. The maximum absolute atomic E-state index is 12.3. The fourth-order valence-corrected chi connectivity index (χ4v) is 2.66. The first-order chi connectivity index (χ1) is 9.76. The van der Waals surface area contributed by atoms with Gasteiger partial charge in [-0.25, -0.2) is 0 Å². The molecule has 2 N–H and O–H groups in total. The number of nitrogens with one attached hydrogen (secondary N) is 2. The normalized spacial score (nSPS) is 21.9. The molecule has 1 fully saturated rings. The highest BCUT2D eigenvalue weighted by molar-refractivity contribution is 5.79.